The van der Waals surface area contributed by atoms with E-state index in [-0.39, 0.29) is 46.0 Å². The van der Waals surface area contributed by atoms with E-state index < -0.39 is 28.1 Å². The maximum atomic E-state index is 12.8. The number of β-lactam (4-membered cyclic amide) rings is 1. The summed E-state index contributed by atoms with van der Waals surface area (Å²) >= 11 is 1.37. The molecule has 1 amide bonds. The summed E-state index contributed by atoms with van der Waals surface area (Å²) in [6.07, 6.45) is 0.742. The molecule has 0 aliphatic carbocycles. The Kier molecular flexibility index (Phi) is 6.39. The summed E-state index contributed by atoms with van der Waals surface area (Å²) in [5.74, 6) is -3.62. The number of rotatable bonds is 7. The molecule has 0 aromatic heterocycles. The van der Waals surface area contributed by atoms with Gasteiger partial charge in [-0.3, -0.25) is 9.59 Å². The minimum absolute atomic E-state index is 0.0260. The Labute approximate surface area is 210 Å². The topological polar surface area (TPSA) is 155 Å². The van der Waals surface area contributed by atoms with E-state index >= 15 is 0 Å². The highest BCUT2D eigenvalue weighted by atomic mass is 32.2. The van der Waals surface area contributed by atoms with Crippen LogP contribution >= 0.6 is 11.8 Å². The zero-order chi connectivity index (χ0) is 26.3. The molecule has 2 aromatic carbocycles. The summed E-state index contributed by atoms with van der Waals surface area (Å²) < 4.78 is 4.22. The maximum Gasteiger partial charge on any atom is 0.374 e. The lowest BCUT2D eigenvalue weighted by molar-refractivity contribution is -0.169. The Hall–Kier alpha value is -4.06. The molecule has 2 atom stereocenters. The van der Waals surface area contributed by atoms with Gasteiger partial charge in [-0.05, 0) is 32.0 Å². The molecule has 36 heavy (non-hydrogen) atoms. The number of carbonyl (C=O) groups excluding carboxylic acids is 2. The van der Waals surface area contributed by atoms with Crippen LogP contribution in [0.5, 0.6) is 11.5 Å². The Bertz CT molecular complexity index is 1290. The van der Waals surface area contributed by atoms with Gasteiger partial charge in [0.2, 0.25) is 17.5 Å². The highest BCUT2D eigenvalue weighted by Gasteiger charge is 2.70. The number of amides is 1. The van der Waals surface area contributed by atoms with Crippen molar-refractivity contribution in [3.05, 3.63) is 53.6 Å². The Balaban J connectivity index is 1.79. The van der Waals surface area contributed by atoms with E-state index in [0.717, 1.165) is 0 Å². The lowest BCUT2D eigenvalue weighted by Gasteiger charge is -2.47. The number of para-hydroxylation sites is 2. The van der Waals surface area contributed by atoms with Crippen LogP contribution in [0.3, 0.4) is 0 Å². The third-order valence-corrected chi connectivity index (χ3v) is 7.75. The van der Waals surface area contributed by atoms with Crippen LogP contribution in [0.25, 0.3) is 0 Å². The molecule has 11 nitrogen and oxygen atoms in total. The number of thioether (sulfide) groups is 1. The number of hydrogen-bond donors (Lipinski definition) is 3. The van der Waals surface area contributed by atoms with Crippen molar-refractivity contribution < 1.29 is 39.0 Å². The fourth-order valence-corrected chi connectivity index (χ4v) is 6.39. The second-order valence-corrected chi connectivity index (χ2v) is 10.4. The summed E-state index contributed by atoms with van der Waals surface area (Å²) in [5, 5.41) is 19.9. The molecular weight excluding hydrogens is 490 g/mol. The van der Waals surface area contributed by atoms with Crippen LogP contribution in [-0.4, -0.2) is 62.3 Å². The minimum atomic E-state index is -1.78. The van der Waals surface area contributed by atoms with Crippen LogP contribution < -0.4 is 15.1 Å². The number of hydrogen-bond acceptors (Lipinski definition) is 8. The number of aliphatic imine (C=N–C) groups is 1. The zero-order valence-electron chi connectivity index (χ0n) is 19.5. The van der Waals surface area contributed by atoms with E-state index in [4.69, 9.17) is 9.57 Å². The van der Waals surface area contributed by atoms with E-state index in [1.54, 1.807) is 32.0 Å². The number of carboxylic acids is 2. The summed E-state index contributed by atoms with van der Waals surface area (Å²) in [6, 6.07) is 10.7. The standard InChI is InChI=1S/C24H23N3O8S/c1-23(2)24(22(32)33,27-17(29)11-18(27)36-23)14-8-4-5-9-15(14)25-20(21(30)31)26-35-19-13(12-28)7-6-10-16(19)34-3/h4-10,12,18H,11H2,1-3H3,(H,25,26)(H,30,31)(H,32,33)/t18-,24-/m1/s1. The normalized spacial score (nSPS) is 22.3. The molecule has 2 aliphatic heterocycles. The van der Waals surface area contributed by atoms with Crippen molar-refractivity contribution in [1.29, 1.82) is 0 Å². The maximum absolute atomic E-state index is 12.8. The van der Waals surface area contributed by atoms with Crippen molar-refractivity contribution in [2.45, 2.75) is 35.9 Å². The Morgan fingerprint density at radius 2 is 1.92 bits per heavy atom. The van der Waals surface area contributed by atoms with Crippen molar-refractivity contribution in [3.63, 3.8) is 0 Å². The Morgan fingerprint density at radius 3 is 2.53 bits per heavy atom. The van der Waals surface area contributed by atoms with Crippen LogP contribution in [0.1, 0.15) is 36.2 Å². The molecule has 0 spiro atoms. The van der Waals surface area contributed by atoms with Gasteiger partial charge in [-0.15, -0.1) is 11.8 Å². The van der Waals surface area contributed by atoms with E-state index in [1.807, 2.05) is 0 Å². The number of benzene rings is 2. The lowest BCUT2D eigenvalue weighted by atomic mass is 9.75. The first kappa shape index (κ1) is 25.0. The van der Waals surface area contributed by atoms with Crippen LogP contribution in [0, 0.1) is 0 Å². The fraction of sp³-hybridized carbons (Fsp3) is 0.292. The van der Waals surface area contributed by atoms with Gasteiger partial charge in [-0.25, -0.2) is 14.6 Å². The zero-order valence-corrected chi connectivity index (χ0v) is 20.4. The SMILES string of the molecule is COc1cccc(C=O)c1ONC(=Nc1ccccc1[C@]1(C(=O)O)N2C(=O)C[C@H]2SC1(C)C)C(=O)O. The van der Waals surface area contributed by atoms with Crippen LogP contribution in [-0.2, 0) is 19.9 Å². The molecular formula is C24H23N3O8S. The summed E-state index contributed by atoms with van der Waals surface area (Å²) in [4.78, 5) is 59.7. The second-order valence-electron chi connectivity index (χ2n) is 8.55. The monoisotopic (exact) mass is 513 g/mol. The number of fused-ring (bicyclic) bond motifs is 1. The molecule has 2 fully saturated rings. The molecule has 188 valence electrons. The highest BCUT2D eigenvalue weighted by Crippen LogP contribution is 2.62. The van der Waals surface area contributed by atoms with Crippen LogP contribution in [0.4, 0.5) is 5.69 Å². The average molecular weight is 514 g/mol. The number of aliphatic carboxylic acids is 2. The van der Waals surface area contributed by atoms with Gasteiger partial charge in [-0.2, -0.15) is 5.48 Å². The van der Waals surface area contributed by atoms with Gasteiger partial charge in [0.25, 0.3) is 0 Å². The number of methoxy groups -OCH3 is 1. The van der Waals surface area contributed by atoms with E-state index in [0.29, 0.717) is 6.29 Å². The smallest absolute Gasteiger partial charge is 0.374 e. The van der Waals surface area contributed by atoms with E-state index in [1.165, 1.54) is 48.0 Å². The third kappa shape index (κ3) is 3.73. The molecule has 2 aromatic rings. The predicted molar refractivity (Wildman–Crippen MR) is 130 cm³/mol. The van der Waals surface area contributed by atoms with Crippen molar-refractivity contribution in [1.82, 2.24) is 10.4 Å². The summed E-state index contributed by atoms with van der Waals surface area (Å²) in [7, 11) is 1.36. The van der Waals surface area contributed by atoms with Gasteiger partial charge in [0.1, 0.15) is 0 Å². The predicted octanol–water partition coefficient (Wildman–Crippen LogP) is 2.57. The van der Waals surface area contributed by atoms with Crippen molar-refractivity contribution in [2.75, 3.05) is 7.11 Å². The molecule has 4 rings (SSSR count). The van der Waals surface area contributed by atoms with Gasteiger partial charge >= 0.3 is 11.9 Å². The lowest BCUT2D eigenvalue weighted by Crippen LogP contribution is -2.64. The molecule has 0 unspecified atom stereocenters. The van der Waals surface area contributed by atoms with Gasteiger partial charge in [0, 0.05) is 5.56 Å². The van der Waals surface area contributed by atoms with Gasteiger partial charge < -0.3 is 24.7 Å². The first-order chi connectivity index (χ1) is 17.1. The molecule has 12 heteroatoms. The summed E-state index contributed by atoms with van der Waals surface area (Å²) in [5.41, 5.74) is 0.743. The number of nitrogens with one attached hydrogen (secondary N) is 1. The molecule has 0 saturated carbocycles. The summed E-state index contributed by atoms with van der Waals surface area (Å²) in [6.45, 7) is 3.47. The quantitative estimate of drug-likeness (QED) is 0.165. The van der Waals surface area contributed by atoms with Crippen molar-refractivity contribution >= 4 is 47.4 Å². The van der Waals surface area contributed by atoms with Crippen molar-refractivity contribution in [3.8, 4) is 11.5 Å². The first-order valence-electron chi connectivity index (χ1n) is 10.8. The molecule has 2 saturated heterocycles. The van der Waals surface area contributed by atoms with Crippen LogP contribution in [0.15, 0.2) is 47.5 Å². The second kappa shape index (κ2) is 9.19. The van der Waals surface area contributed by atoms with Gasteiger partial charge in [0.05, 0.1) is 34.9 Å². The minimum Gasteiger partial charge on any atom is -0.493 e. The first-order valence-corrected chi connectivity index (χ1v) is 11.7. The van der Waals surface area contributed by atoms with Crippen molar-refractivity contribution in [2.24, 2.45) is 4.99 Å². The Morgan fingerprint density at radius 1 is 1.19 bits per heavy atom. The molecule has 2 aliphatic rings. The van der Waals surface area contributed by atoms with Gasteiger partial charge in [-0.1, -0.05) is 24.3 Å². The molecule has 0 radical (unpaired) electrons. The molecule has 0 bridgehead atoms. The average Bonchev–Trinajstić information content (AvgIpc) is 3.03. The van der Waals surface area contributed by atoms with E-state index in [2.05, 4.69) is 10.5 Å². The number of hydroxylamine groups is 1. The third-order valence-electron chi connectivity index (χ3n) is 6.21. The number of carboxylic acid groups (broad SMARTS) is 2. The van der Waals surface area contributed by atoms with Gasteiger partial charge in [0.15, 0.2) is 17.6 Å². The number of nitrogens with zero attached hydrogens (tertiary/aromatic N) is 2. The highest BCUT2D eigenvalue weighted by molar-refractivity contribution is 8.01. The largest absolute Gasteiger partial charge is 0.493 e. The van der Waals surface area contributed by atoms with Crippen LogP contribution in [0.2, 0.25) is 0 Å². The molecule has 2 heterocycles. The number of aldehydes is 1. The fourth-order valence-electron chi connectivity index (χ4n) is 4.64. The molecule has 3 N–H and O–H groups in total. The van der Waals surface area contributed by atoms with E-state index in [9.17, 15) is 29.4 Å². The number of ether oxygens (including phenoxy) is 1. The number of amidine groups is 1. The number of carbonyl (C=O) groups is 4.